The number of anilines is 1. The lowest BCUT2D eigenvalue weighted by atomic mass is 10.0. The highest BCUT2D eigenvalue weighted by molar-refractivity contribution is 7.17. The Hall–Kier alpha value is -1.85. The molecule has 3 aromatic rings. The van der Waals surface area contributed by atoms with Crippen LogP contribution in [0.25, 0.3) is 21.3 Å². The molecule has 0 spiro atoms. The van der Waals surface area contributed by atoms with E-state index in [4.69, 9.17) is 16.3 Å². The molecule has 0 fully saturated rings. The van der Waals surface area contributed by atoms with E-state index in [-0.39, 0.29) is 0 Å². The largest absolute Gasteiger partial charge is 0.497 e. The predicted molar refractivity (Wildman–Crippen MR) is 116 cm³/mol. The number of benzene rings is 1. The molecular formula is C21H26ClN3OS. The van der Waals surface area contributed by atoms with Gasteiger partial charge in [0, 0.05) is 24.0 Å². The summed E-state index contributed by atoms with van der Waals surface area (Å²) in [4.78, 5) is 12.4. The van der Waals surface area contributed by atoms with Gasteiger partial charge < -0.3 is 9.64 Å². The van der Waals surface area contributed by atoms with Crippen molar-refractivity contribution in [3.63, 3.8) is 0 Å². The average Bonchev–Trinajstić information content (AvgIpc) is 3.03. The van der Waals surface area contributed by atoms with E-state index in [1.54, 1.807) is 18.4 Å². The molecule has 2 aromatic heterocycles. The number of methoxy groups -OCH3 is 1. The first kappa shape index (κ1) is 19.9. The fourth-order valence-corrected chi connectivity index (χ4v) is 4.40. The van der Waals surface area contributed by atoms with Crippen molar-refractivity contribution in [3.8, 4) is 16.9 Å². The molecule has 0 aliphatic carbocycles. The average molecular weight is 404 g/mol. The molecule has 2 heterocycles. The van der Waals surface area contributed by atoms with Gasteiger partial charge >= 0.3 is 0 Å². The van der Waals surface area contributed by atoms with Crippen molar-refractivity contribution in [2.45, 2.75) is 27.7 Å². The van der Waals surface area contributed by atoms with Crippen LogP contribution >= 0.6 is 22.9 Å². The van der Waals surface area contributed by atoms with Crippen molar-refractivity contribution in [1.82, 2.24) is 9.97 Å². The maximum atomic E-state index is 6.28. The summed E-state index contributed by atoms with van der Waals surface area (Å²) in [5.41, 5.74) is 2.27. The number of halogens is 1. The van der Waals surface area contributed by atoms with E-state index in [1.165, 1.54) is 0 Å². The number of hydrogen-bond acceptors (Lipinski definition) is 5. The van der Waals surface area contributed by atoms with Crippen LogP contribution in [0.4, 0.5) is 5.82 Å². The minimum Gasteiger partial charge on any atom is -0.497 e. The summed E-state index contributed by atoms with van der Waals surface area (Å²) < 4.78 is 5.29. The van der Waals surface area contributed by atoms with Gasteiger partial charge in [-0.15, -0.1) is 11.3 Å². The summed E-state index contributed by atoms with van der Waals surface area (Å²) in [6.45, 7) is 10.8. The second-order valence-electron chi connectivity index (χ2n) is 7.57. The van der Waals surface area contributed by atoms with Crippen molar-refractivity contribution in [1.29, 1.82) is 0 Å². The number of rotatable bonds is 7. The Morgan fingerprint density at radius 1 is 1.04 bits per heavy atom. The summed E-state index contributed by atoms with van der Waals surface area (Å²) in [6, 6.07) is 8.12. The lowest BCUT2D eigenvalue weighted by molar-refractivity contribution is 0.415. The monoisotopic (exact) mass is 403 g/mol. The smallest absolute Gasteiger partial charge is 0.225 e. The maximum absolute atomic E-state index is 6.28. The Balaban J connectivity index is 2.16. The van der Waals surface area contributed by atoms with Gasteiger partial charge in [0.15, 0.2) is 0 Å². The van der Waals surface area contributed by atoms with Crippen molar-refractivity contribution in [3.05, 3.63) is 34.9 Å². The van der Waals surface area contributed by atoms with Gasteiger partial charge in [0.2, 0.25) is 5.28 Å². The molecule has 0 aliphatic rings. The lowest BCUT2D eigenvalue weighted by Crippen LogP contribution is -2.32. The Morgan fingerprint density at radius 2 is 1.67 bits per heavy atom. The van der Waals surface area contributed by atoms with E-state index < -0.39 is 0 Å². The Kier molecular flexibility index (Phi) is 6.22. The minimum atomic E-state index is 0.304. The molecule has 0 aliphatic heterocycles. The highest BCUT2D eigenvalue weighted by atomic mass is 35.5. The second-order valence-corrected chi connectivity index (χ2v) is 8.76. The van der Waals surface area contributed by atoms with E-state index in [0.717, 1.165) is 46.0 Å². The molecule has 4 nitrogen and oxygen atoms in total. The Bertz CT molecular complexity index is 896. The highest BCUT2D eigenvalue weighted by Gasteiger charge is 2.21. The molecule has 0 saturated carbocycles. The molecule has 0 unspecified atom stereocenters. The van der Waals surface area contributed by atoms with Crippen LogP contribution in [-0.2, 0) is 0 Å². The van der Waals surface area contributed by atoms with E-state index >= 15 is 0 Å². The van der Waals surface area contributed by atoms with Gasteiger partial charge in [-0.2, -0.15) is 4.98 Å². The number of aromatic nitrogens is 2. The fraction of sp³-hybridized carbons (Fsp3) is 0.429. The van der Waals surface area contributed by atoms with Crippen molar-refractivity contribution in [2.24, 2.45) is 11.8 Å². The van der Waals surface area contributed by atoms with Crippen LogP contribution in [0.2, 0.25) is 5.28 Å². The van der Waals surface area contributed by atoms with Gasteiger partial charge in [-0.25, -0.2) is 4.98 Å². The number of hydrogen-bond donors (Lipinski definition) is 0. The zero-order valence-corrected chi connectivity index (χ0v) is 18.1. The van der Waals surface area contributed by atoms with Gasteiger partial charge in [0.25, 0.3) is 0 Å². The summed E-state index contributed by atoms with van der Waals surface area (Å²) in [5, 5.41) is 3.53. The zero-order valence-electron chi connectivity index (χ0n) is 16.5. The number of nitrogens with zero attached hydrogens (tertiary/aromatic N) is 3. The Morgan fingerprint density at radius 3 is 2.22 bits per heavy atom. The fourth-order valence-electron chi connectivity index (χ4n) is 3.24. The molecule has 1 aromatic carbocycles. The standard InChI is InChI=1S/C21H26ClN3OS/c1-13(2)10-25(11-14(3)4)19-18-17(12-27-20(18)24-21(22)23-19)15-6-8-16(26-5)9-7-15/h6-9,12-14H,10-11H2,1-5H3. The molecule has 0 radical (unpaired) electrons. The summed E-state index contributed by atoms with van der Waals surface area (Å²) >= 11 is 7.89. The van der Waals surface area contributed by atoms with E-state index in [1.807, 2.05) is 12.1 Å². The molecule has 0 bridgehead atoms. The Labute approximate surface area is 170 Å². The third kappa shape index (κ3) is 4.53. The van der Waals surface area contributed by atoms with E-state index in [2.05, 4.69) is 60.1 Å². The van der Waals surface area contributed by atoms with E-state index in [0.29, 0.717) is 17.1 Å². The van der Waals surface area contributed by atoms with Crippen LogP contribution in [-0.4, -0.2) is 30.2 Å². The van der Waals surface area contributed by atoms with Crippen LogP contribution in [0.15, 0.2) is 29.6 Å². The molecule has 0 atom stereocenters. The van der Waals surface area contributed by atoms with Crippen molar-refractivity contribution >= 4 is 39.0 Å². The predicted octanol–water partition coefficient (Wildman–Crippen LogP) is 6.14. The van der Waals surface area contributed by atoms with Gasteiger partial charge in [-0.1, -0.05) is 39.8 Å². The van der Waals surface area contributed by atoms with Crippen LogP contribution in [0, 0.1) is 11.8 Å². The van der Waals surface area contributed by atoms with Gasteiger partial charge in [-0.3, -0.25) is 0 Å². The molecule has 144 valence electrons. The second kappa shape index (κ2) is 8.44. The maximum Gasteiger partial charge on any atom is 0.225 e. The molecule has 0 amide bonds. The molecule has 27 heavy (non-hydrogen) atoms. The third-order valence-corrected chi connectivity index (χ3v) is 5.30. The van der Waals surface area contributed by atoms with Crippen LogP contribution in [0.1, 0.15) is 27.7 Å². The molecular weight excluding hydrogens is 378 g/mol. The summed E-state index contributed by atoms with van der Waals surface area (Å²) in [6.07, 6.45) is 0. The topological polar surface area (TPSA) is 38.3 Å². The molecule has 0 saturated heterocycles. The van der Waals surface area contributed by atoms with Crippen molar-refractivity contribution in [2.75, 3.05) is 25.1 Å². The van der Waals surface area contributed by atoms with E-state index in [9.17, 15) is 0 Å². The first-order valence-electron chi connectivity index (χ1n) is 9.23. The van der Waals surface area contributed by atoms with Crippen LogP contribution in [0.3, 0.4) is 0 Å². The quantitative estimate of drug-likeness (QED) is 0.444. The first-order valence-corrected chi connectivity index (χ1v) is 10.5. The molecule has 3 rings (SSSR count). The van der Waals surface area contributed by atoms with Gasteiger partial charge in [-0.05, 0) is 41.1 Å². The minimum absolute atomic E-state index is 0.304. The van der Waals surface area contributed by atoms with Crippen LogP contribution < -0.4 is 9.64 Å². The van der Waals surface area contributed by atoms with Crippen LogP contribution in [0.5, 0.6) is 5.75 Å². The number of ether oxygens (including phenoxy) is 1. The van der Waals surface area contributed by atoms with Gasteiger partial charge in [0.1, 0.15) is 16.4 Å². The number of fused-ring (bicyclic) bond motifs is 1. The zero-order chi connectivity index (χ0) is 19.6. The summed E-state index contributed by atoms with van der Waals surface area (Å²) in [7, 11) is 1.68. The lowest BCUT2D eigenvalue weighted by Gasteiger charge is -2.28. The van der Waals surface area contributed by atoms with Crippen molar-refractivity contribution < 1.29 is 4.74 Å². The normalized spacial score (nSPS) is 11.6. The number of thiophene rings is 1. The highest BCUT2D eigenvalue weighted by Crippen LogP contribution is 2.39. The SMILES string of the molecule is COc1ccc(-c2csc3nc(Cl)nc(N(CC(C)C)CC(C)C)c23)cc1. The first-order chi connectivity index (χ1) is 12.9. The molecule has 0 N–H and O–H groups in total. The van der Waals surface area contributed by atoms with Gasteiger partial charge in [0.05, 0.1) is 12.5 Å². The third-order valence-electron chi connectivity index (χ3n) is 4.26. The summed E-state index contributed by atoms with van der Waals surface area (Å²) in [5.74, 6) is 2.82. The molecule has 6 heteroatoms.